The van der Waals surface area contributed by atoms with Crippen molar-refractivity contribution in [1.29, 1.82) is 0 Å². The number of hydrogen-bond donors (Lipinski definition) is 1. The van der Waals surface area contributed by atoms with E-state index in [1.54, 1.807) is 46.9 Å². The molecule has 0 radical (unpaired) electrons. The van der Waals surface area contributed by atoms with E-state index in [0.717, 1.165) is 45.9 Å². The molecule has 0 atom stereocenters. The number of hydrogen-bond acceptors (Lipinski definition) is 7. The monoisotopic (exact) mass is 507 g/mol. The molecule has 8 heteroatoms. The van der Waals surface area contributed by atoms with Gasteiger partial charge in [-0.15, -0.1) is 22.7 Å². The van der Waals surface area contributed by atoms with Crippen molar-refractivity contribution in [2.75, 3.05) is 19.1 Å². The average Bonchev–Trinajstić information content (AvgIpc) is 3.53. The summed E-state index contributed by atoms with van der Waals surface area (Å²) in [6, 6.07) is 11.7. The molecule has 0 aliphatic rings. The van der Waals surface area contributed by atoms with E-state index < -0.39 is 5.97 Å². The predicted molar refractivity (Wildman–Crippen MR) is 145 cm³/mol. The first-order valence-corrected chi connectivity index (χ1v) is 13.1. The molecule has 0 fully saturated rings. The number of carboxylic acids is 1. The van der Waals surface area contributed by atoms with Crippen molar-refractivity contribution < 1.29 is 14.6 Å². The van der Waals surface area contributed by atoms with Gasteiger partial charge in [0.15, 0.2) is 5.13 Å². The minimum absolute atomic E-state index is 0.149. The summed E-state index contributed by atoms with van der Waals surface area (Å²) in [6.07, 6.45) is 3.66. The molecule has 0 unspecified atom stereocenters. The molecule has 0 saturated carbocycles. The highest BCUT2D eigenvalue weighted by atomic mass is 32.1. The molecule has 4 aromatic rings. The van der Waals surface area contributed by atoms with Gasteiger partial charge in [0.25, 0.3) is 0 Å². The van der Waals surface area contributed by atoms with Gasteiger partial charge in [-0.2, -0.15) is 0 Å². The Bertz CT molecular complexity index is 1330. The quantitative estimate of drug-likeness (QED) is 0.256. The molecule has 0 aliphatic heterocycles. The van der Waals surface area contributed by atoms with Gasteiger partial charge in [0.1, 0.15) is 17.1 Å². The van der Waals surface area contributed by atoms with Crippen molar-refractivity contribution in [2.24, 2.45) is 5.92 Å². The summed E-state index contributed by atoms with van der Waals surface area (Å²) in [7, 11) is 3.50. The number of anilines is 2. The summed E-state index contributed by atoms with van der Waals surface area (Å²) in [5.41, 5.74) is 3.90. The predicted octanol–water partition coefficient (Wildman–Crippen LogP) is 7.31. The van der Waals surface area contributed by atoms with Gasteiger partial charge in [0.05, 0.1) is 12.8 Å². The number of carbonyl (C=O) groups is 1. The Hall–Kier alpha value is -3.23. The first kappa shape index (κ1) is 24.9. The Balaban J connectivity index is 1.77. The molecule has 6 nitrogen and oxygen atoms in total. The van der Waals surface area contributed by atoms with Crippen LogP contribution in [0.4, 0.5) is 10.9 Å². The second-order valence-corrected chi connectivity index (χ2v) is 10.8. The zero-order valence-corrected chi connectivity index (χ0v) is 22.2. The van der Waals surface area contributed by atoms with Crippen LogP contribution in [0.25, 0.3) is 21.7 Å². The maximum Gasteiger partial charge on any atom is 0.339 e. The van der Waals surface area contributed by atoms with Crippen LogP contribution in [0.1, 0.15) is 41.1 Å². The Morgan fingerprint density at radius 3 is 2.66 bits per heavy atom. The Labute approximate surface area is 213 Å². The van der Waals surface area contributed by atoms with E-state index in [1.165, 1.54) is 4.88 Å². The second kappa shape index (κ2) is 10.6. The molecule has 0 amide bonds. The van der Waals surface area contributed by atoms with Gasteiger partial charge >= 0.3 is 5.97 Å². The van der Waals surface area contributed by atoms with E-state index >= 15 is 0 Å². The number of methoxy groups -OCH3 is 1. The van der Waals surface area contributed by atoms with Gasteiger partial charge in [0, 0.05) is 34.1 Å². The molecule has 0 aliphatic carbocycles. The van der Waals surface area contributed by atoms with E-state index in [9.17, 15) is 9.90 Å². The number of ether oxygens (including phenoxy) is 1. The van der Waals surface area contributed by atoms with E-state index in [-0.39, 0.29) is 5.56 Å². The normalized spacial score (nSPS) is 11.1. The zero-order chi connectivity index (χ0) is 25.1. The number of carboxylic acid groups (broad SMARTS) is 1. The van der Waals surface area contributed by atoms with Crippen LogP contribution in [0.15, 0.2) is 48.0 Å². The maximum atomic E-state index is 12.2. The highest BCUT2D eigenvalue weighted by Crippen LogP contribution is 2.39. The van der Waals surface area contributed by atoms with Crippen molar-refractivity contribution in [3.8, 4) is 27.4 Å². The molecule has 0 bridgehead atoms. The molecule has 182 valence electrons. The van der Waals surface area contributed by atoms with Crippen molar-refractivity contribution >= 4 is 39.6 Å². The van der Waals surface area contributed by atoms with Crippen LogP contribution in [-0.4, -0.2) is 35.2 Å². The van der Waals surface area contributed by atoms with Crippen LogP contribution in [0.2, 0.25) is 0 Å². The number of aryl methyl sites for hydroxylation is 2. The van der Waals surface area contributed by atoms with Gasteiger partial charge in [0.2, 0.25) is 0 Å². The van der Waals surface area contributed by atoms with Crippen molar-refractivity contribution in [1.82, 2.24) is 9.97 Å². The Kier molecular flexibility index (Phi) is 7.52. The van der Waals surface area contributed by atoms with Crippen LogP contribution in [0, 0.1) is 12.8 Å². The third-order valence-electron chi connectivity index (χ3n) is 5.82. The van der Waals surface area contributed by atoms with Gasteiger partial charge in [-0.25, -0.2) is 14.8 Å². The smallest absolute Gasteiger partial charge is 0.339 e. The topological polar surface area (TPSA) is 75.5 Å². The lowest BCUT2D eigenvalue weighted by atomic mass is 10.0. The summed E-state index contributed by atoms with van der Waals surface area (Å²) in [6.45, 7) is 6.43. The van der Waals surface area contributed by atoms with E-state index in [0.29, 0.717) is 16.9 Å². The standard InChI is InChI=1S/C27H29N3O3S2/c1-16(2)8-11-23-24(18-10-9-17(3)21(14-18)33-5)29-27(35-23)30(4)25-20(26(31)32)13-19(15-28-25)22-7-6-12-34-22/h6-7,9-10,12-16H,8,11H2,1-5H3,(H,31,32). The van der Waals surface area contributed by atoms with Crippen molar-refractivity contribution in [2.45, 2.75) is 33.6 Å². The van der Waals surface area contributed by atoms with Gasteiger partial charge < -0.3 is 14.7 Å². The fraction of sp³-hybridized carbons (Fsp3) is 0.296. The summed E-state index contributed by atoms with van der Waals surface area (Å²) >= 11 is 3.14. The number of thiophene rings is 1. The Morgan fingerprint density at radius 2 is 2.00 bits per heavy atom. The molecule has 3 aromatic heterocycles. The first-order valence-electron chi connectivity index (χ1n) is 11.4. The molecule has 1 aromatic carbocycles. The lowest BCUT2D eigenvalue weighted by Crippen LogP contribution is -2.15. The SMILES string of the molecule is COc1cc(-c2nc(N(C)c3ncc(-c4cccs4)cc3C(=O)O)sc2CCC(C)C)ccc1C. The van der Waals surface area contributed by atoms with Crippen LogP contribution in [-0.2, 0) is 6.42 Å². The van der Waals surface area contributed by atoms with E-state index in [1.807, 2.05) is 43.6 Å². The van der Waals surface area contributed by atoms with Crippen molar-refractivity contribution in [3.63, 3.8) is 0 Å². The number of rotatable bonds is 9. The lowest BCUT2D eigenvalue weighted by Gasteiger charge is -2.17. The molecule has 4 rings (SSSR count). The lowest BCUT2D eigenvalue weighted by molar-refractivity contribution is 0.0697. The largest absolute Gasteiger partial charge is 0.496 e. The minimum Gasteiger partial charge on any atom is -0.496 e. The molecule has 0 saturated heterocycles. The van der Waals surface area contributed by atoms with E-state index in [4.69, 9.17) is 9.72 Å². The third kappa shape index (κ3) is 5.39. The summed E-state index contributed by atoms with van der Waals surface area (Å²) in [5, 5.41) is 12.6. The minimum atomic E-state index is -1.02. The van der Waals surface area contributed by atoms with Gasteiger partial charge in [-0.1, -0.05) is 32.0 Å². The Morgan fingerprint density at radius 1 is 1.20 bits per heavy atom. The highest BCUT2D eigenvalue weighted by Gasteiger charge is 2.23. The number of pyridine rings is 1. The first-order chi connectivity index (χ1) is 16.8. The number of aromatic carboxylic acids is 1. The number of benzene rings is 1. The fourth-order valence-electron chi connectivity index (χ4n) is 3.82. The number of aromatic nitrogens is 2. The number of nitrogens with zero attached hydrogens (tertiary/aromatic N) is 3. The van der Waals surface area contributed by atoms with Crippen molar-refractivity contribution in [3.05, 3.63) is 64.0 Å². The fourth-order valence-corrected chi connectivity index (χ4v) is 5.58. The van der Waals surface area contributed by atoms with Crippen LogP contribution in [0.5, 0.6) is 5.75 Å². The average molecular weight is 508 g/mol. The summed E-state index contributed by atoms with van der Waals surface area (Å²) < 4.78 is 5.54. The summed E-state index contributed by atoms with van der Waals surface area (Å²) in [4.78, 5) is 25.6. The molecule has 0 spiro atoms. The highest BCUT2D eigenvalue weighted by molar-refractivity contribution is 7.16. The van der Waals surface area contributed by atoms with Gasteiger partial charge in [-0.05, 0) is 54.8 Å². The van der Waals surface area contributed by atoms with Crippen LogP contribution >= 0.6 is 22.7 Å². The summed E-state index contributed by atoms with van der Waals surface area (Å²) in [5.74, 6) is 0.732. The molecular weight excluding hydrogens is 478 g/mol. The third-order valence-corrected chi connectivity index (χ3v) is 7.93. The molecular formula is C27H29N3O3S2. The zero-order valence-electron chi connectivity index (χ0n) is 20.5. The van der Waals surface area contributed by atoms with Crippen LogP contribution < -0.4 is 9.64 Å². The second-order valence-electron chi connectivity index (χ2n) is 8.82. The van der Waals surface area contributed by atoms with Gasteiger partial charge in [-0.3, -0.25) is 0 Å². The molecule has 3 heterocycles. The van der Waals surface area contributed by atoms with E-state index in [2.05, 4.69) is 24.9 Å². The molecule has 1 N–H and O–H groups in total. The number of thiazole rings is 1. The van der Waals surface area contributed by atoms with Crippen LogP contribution in [0.3, 0.4) is 0 Å². The maximum absolute atomic E-state index is 12.2. The molecule has 35 heavy (non-hydrogen) atoms.